The van der Waals surface area contributed by atoms with Crippen molar-refractivity contribution in [2.75, 3.05) is 5.73 Å². The summed E-state index contributed by atoms with van der Waals surface area (Å²) in [6.07, 6.45) is 0. The zero-order valence-corrected chi connectivity index (χ0v) is 17.8. The number of carbonyl (C=O) groups is 2. The molecule has 0 aliphatic carbocycles. The number of fused-ring (bicyclic) bond motifs is 1. The topological polar surface area (TPSA) is 107 Å². The van der Waals surface area contributed by atoms with Crippen molar-refractivity contribution in [3.8, 4) is 0 Å². The molecule has 2 amide bonds. The second-order valence-electron chi connectivity index (χ2n) is 8.91. The molecule has 0 saturated carbocycles. The van der Waals surface area contributed by atoms with Gasteiger partial charge in [0.15, 0.2) is 0 Å². The number of hydrogen-bond acceptors (Lipinski definition) is 5. The van der Waals surface area contributed by atoms with Crippen LogP contribution in [0.25, 0.3) is 10.9 Å². The Morgan fingerprint density at radius 1 is 1.04 bits per heavy atom. The number of nitrogens with zero attached hydrogens (tertiary/aromatic N) is 2. The molecule has 3 N–H and O–H groups in total. The van der Waals surface area contributed by atoms with Gasteiger partial charge in [-0.2, -0.15) is 0 Å². The van der Waals surface area contributed by atoms with E-state index in [1.165, 1.54) is 4.57 Å². The van der Waals surface area contributed by atoms with Gasteiger partial charge >= 0.3 is 0 Å². The first-order valence-electron chi connectivity index (χ1n) is 9.38. The van der Waals surface area contributed by atoms with Crippen LogP contribution in [-0.2, 0) is 9.59 Å². The van der Waals surface area contributed by atoms with Gasteiger partial charge in [0.05, 0.1) is 10.9 Å². The fraction of sp³-hybridized carbons (Fsp3) is 0.286. The molecule has 0 spiro atoms. The van der Waals surface area contributed by atoms with E-state index in [1.807, 2.05) is 39.2 Å². The number of nitrogens with one attached hydrogen (secondary N) is 1. The van der Waals surface area contributed by atoms with Crippen molar-refractivity contribution < 1.29 is 9.59 Å². The molecule has 14 heteroatoms. The highest BCUT2D eigenvalue weighted by Gasteiger charge is 2.55. The Morgan fingerprint density at radius 3 is 2.18 bits per heavy atom. The van der Waals surface area contributed by atoms with E-state index in [4.69, 9.17) is 5.73 Å². The number of imide groups is 1. The standard InChI is InChI=1S/C14H21B7N4O3/c1-2-23-8-3(7(22)5(16)4(15)6(8)17)11(27)25(2)9-10(26)24-12(28)14(20,21)13(9,18)19/h9H,15-22H2,1H3,(H,24,26,28). The minimum atomic E-state index is -0.883. The van der Waals surface area contributed by atoms with Crippen molar-refractivity contribution in [1.29, 1.82) is 0 Å². The first-order valence-corrected chi connectivity index (χ1v) is 9.38. The molecule has 1 aromatic carbocycles. The summed E-state index contributed by atoms with van der Waals surface area (Å²) in [7, 11) is 13.0. The van der Waals surface area contributed by atoms with Gasteiger partial charge in [0, 0.05) is 5.69 Å². The normalized spacial score (nSPS) is 20.8. The number of piperidine rings is 1. The molecular formula is C14H21B7N4O3. The van der Waals surface area contributed by atoms with E-state index in [0.29, 0.717) is 22.4 Å². The van der Waals surface area contributed by atoms with Gasteiger partial charge in [-0.25, -0.2) is 4.98 Å². The maximum absolute atomic E-state index is 13.6. The summed E-state index contributed by atoms with van der Waals surface area (Å²) in [4.78, 5) is 43.5. The minimum Gasteiger partial charge on any atom is -0.398 e. The smallest absolute Gasteiger partial charge is 0.264 e. The zero-order chi connectivity index (χ0) is 21.3. The summed E-state index contributed by atoms with van der Waals surface area (Å²) in [6.45, 7) is 1.71. The minimum absolute atomic E-state index is 0.324. The predicted molar refractivity (Wildman–Crippen MR) is 131 cm³/mol. The third kappa shape index (κ3) is 2.46. The van der Waals surface area contributed by atoms with Gasteiger partial charge in [-0.05, 0) is 12.1 Å². The van der Waals surface area contributed by atoms with Crippen LogP contribution in [-0.4, -0.2) is 76.3 Å². The van der Waals surface area contributed by atoms with E-state index in [1.54, 1.807) is 22.6 Å². The number of benzene rings is 1. The first-order chi connectivity index (χ1) is 12.7. The second-order valence-corrected chi connectivity index (χ2v) is 8.91. The summed E-state index contributed by atoms with van der Waals surface area (Å²) < 4.78 is 1.40. The lowest BCUT2D eigenvalue weighted by Crippen LogP contribution is -2.61. The molecule has 1 aliphatic heterocycles. The number of amides is 2. The Hall–Kier alpha value is -2.25. The van der Waals surface area contributed by atoms with Crippen LogP contribution in [0.4, 0.5) is 5.69 Å². The summed E-state index contributed by atoms with van der Waals surface area (Å²) in [5.74, 6) is -0.429. The van der Waals surface area contributed by atoms with Crippen molar-refractivity contribution in [3.05, 3.63) is 16.2 Å². The number of aromatic nitrogens is 2. The number of carbonyl (C=O) groups excluding carboxylic acids is 2. The van der Waals surface area contributed by atoms with Crippen LogP contribution in [0.2, 0.25) is 10.4 Å². The van der Waals surface area contributed by atoms with E-state index < -0.39 is 22.4 Å². The van der Waals surface area contributed by atoms with Crippen LogP contribution in [0.1, 0.15) is 11.9 Å². The van der Waals surface area contributed by atoms with Crippen molar-refractivity contribution >= 4 is 99.7 Å². The van der Waals surface area contributed by atoms with Crippen molar-refractivity contribution in [2.45, 2.75) is 23.4 Å². The van der Waals surface area contributed by atoms with Crippen LogP contribution in [0.3, 0.4) is 0 Å². The molecular weight excluding hydrogens is 348 g/mol. The molecule has 1 fully saturated rings. The van der Waals surface area contributed by atoms with E-state index >= 15 is 0 Å². The fourth-order valence-electron chi connectivity index (χ4n) is 4.05. The Labute approximate surface area is 169 Å². The van der Waals surface area contributed by atoms with Gasteiger partial charge in [0.2, 0.25) is 11.8 Å². The summed E-state index contributed by atoms with van der Waals surface area (Å²) in [6, 6.07) is -0.883. The third-order valence-corrected chi connectivity index (χ3v) is 7.05. The maximum atomic E-state index is 13.6. The average Bonchev–Trinajstić information content (AvgIpc) is 2.59. The third-order valence-electron chi connectivity index (χ3n) is 7.05. The lowest BCUT2D eigenvalue weighted by Gasteiger charge is -2.50. The molecule has 2 heterocycles. The Balaban J connectivity index is 2.44. The molecule has 0 bridgehead atoms. The number of nitrogen functional groups attached to an aromatic ring is 1. The van der Waals surface area contributed by atoms with Crippen LogP contribution in [0.5, 0.6) is 0 Å². The summed E-state index contributed by atoms with van der Waals surface area (Å²) in [5, 5.41) is 1.07. The SMILES string of the molecule is Bc1c(B)c(N)c2c(=O)n(C3C(=O)NC(=O)C(B)(B)C3(B)B)c(C)nc2c1B. The molecule has 0 radical (unpaired) electrons. The molecule has 1 saturated heterocycles. The molecule has 2 aromatic rings. The van der Waals surface area contributed by atoms with Gasteiger partial charge < -0.3 is 5.73 Å². The molecule has 1 unspecified atom stereocenters. The van der Waals surface area contributed by atoms with E-state index in [2.05, 4.69) is 10.3 Å². The molecule has 3 rings (SSSR count). The Morgan fingerprint density at radius 2 is 1.61 bits per heavy atom. The molecule has 1 aliphatic rings. The monoisotopic (exact) mass is 370 g/mol. The molecule has 1 atom stereocenters. The Bertz CT molecular complexity index is 1130. The molecule has 1 aromatic heterocycles. The van der Waals surface area contributed by atoms with Crippen molar-refractivity contribution in [1.82, 2.24) is 14.9 Å². The quantitative estimate of drug-likeness (QED) is 0.295. The zero-order valence-electron chi connectivity index (χ0n) is 17.8. The second kappa shape index (κ2) is 6.13. The maximum Gasteiger partial charge on any atom is 0.264 e. The van der Waals surface area contributed by atoms with Crippen LogP contribution < -0.4 is 33.0 Å². The highest BCUT2D eigenvalue weighted by Crippen LogP contribution is 2.52. The van der Waals surface area contributed by atoms with E-state index in [0.717, 1.165) is 16.4 Å². The van der Waals surface area contributed by atoms with Gasteiger partial charge in [-0.15, -0.1) is 0 Å². The highest BCUT2D eigenvalue weighted by molar-refractivity contribution is 6.63. The van der Waals surface area contributed by atoms with Gasteiger partial charge in [0.1, 0.15) is 66.8 Å². The molecule has 136 valence electrons. The first kappa shape index (κ1) is 20.5. The number of anilines is 1. The van der Waals surface area contributed by atoms with Crippen LogP contribution >= 0.6 is 0 Å². The van der Waals surface area contributed by atoms with E-state index in [-0.39, 0.29) is 11.5 Å². The van der Waals surface area contributed by atoms with Crippen molar-refractivity contribution in [2.24, 2.45) is 0 Å². The summed E-state index contributed by atoms with van der Waals surface area (Å²) in [5.41, 5.74) is 9.62. The molecule has 28 heavy (non-hydrogen) atoms. The van der Waals surface area contributed by atoms with Crippen molar-refractivity contribution in [3.63, 3.8) is 0 Å². The number of rotatable bonds is 1. The van der Waals surface area contributed by atoms with E-state index in [9.17, 15) is 14.4 Å². The Kier molecular flexibility index (Phi) is 4.48. The average molecular weight is 369 g/mol. The van der Waals surface area contributed by atoms with Gasteiger partial charge in [-0.1, -0.05) is 21.6 Å². The van der Waals surface area contributed by atoms with Crippen LogP contribution in [0.15, 0.2) is 4.79 Å². The molecule has 7 nitrogen and oxygen atoms in total. The number of nitrogens with two attached hydrogens (primary N) is 1. The lowest BCUT2D eigenvalue weighted by atomic mass is 9.26. The lowest BCUT2D eigenvalue weighted by molar-refractivity contribution is -0.137. The van der Waals surface area contributed by atoms with Gasteiger partial charge in [0.25, 0.3) is 5.56 Å². The largest absolute Gasteiger partial charge is 0.398 e. The number of hydrogen-bond donors (Lipinski definition) is 2. The fourth-order valence-corrected chi connectivity index (χ4v) is 4.05. The van der Waals surface area contributed by atoms with Crippen LogP contribution in [0, 0.1) is 6.92 Å². The predicted octanol–water partition coefficient (Wildman–Crippen LogP) is -8.98. The highest BCUT2D eigenvalue weighted by atomic mass is 16.2. The summed E-state index contributed by atoms with van der Waals surface area (Å²) >= 11 is 0. The van der Waals surface area contributed by atoms with Gasteiger partial charge in [-0.3, -0.25) is 24.3 Å². The number of aryl methyl sites for hydroxylation is 1.